The molecule has 3 rings (SSSR count). The number of carbonyl (C=O) groups excluding carboxylic acids is 3. The summed E-state index contributed by atoms with van der Waals surface area (Å²) in [5.74, 6) is -0.332. The maximum atomic E-state index is 12.4. The summed E-state index contributed by atoms with van der Waals surface area (Å²) in [5, 5.41) is 5.65. The Morgan fingerprint density at radius 1 is 0.871 bits per heavy atom. The van der Waals surface area contributed by atoms with Gasteiger partial charge in [-0.05, 0) is 49.7 Å². The van der Waals surface area contributed by atoms with Crippen LogP contribution in [0.2, 0.25) is 0 Å². The molecule has 1 heterocycles. The zero-order valence-corrected chi connectivity index (χ0v) is 18.1. The van der Waals surface area contributed by atoms with E-state index in [1.165, 1.54) is 0 Å². The van der Waals surface area contributed by atoms with Crippen LogP contribution >= 0.6 is 0 Å². The first-order chi connectivity index (χ1) is 14.9. The Labute approximate surface area is 182 Å². The minimum absolute atomic E-state index is 0.0327. The van der Waals surface area contributed by atoms with E-state index in [0.717, 1.165) is 24.2 Å². The van der Waals surface area contributed by atoms with Crippen LogP contribution in [0.25, 0.3) is 0 Å². The van der Waals surface area contributed by atoms with Crippen LogP contribution in [0.1, 0.15) is 34.3 Å². The number of aryl methyl sites for hydroxylation is 2. The lowest BCUT2D eigenvalue weighted by Crippen LogP contribution is -2.41. The monoisotopic (exact) mass is 423 g/mol. The van der Waals surface area contributed by atoms with Crippen molar-refractivity contribution in [3.63, 3.8) is 0 Å². The van der Waals surface area contributed by atoms with E-state index in [4.69, 9.17) is 4.74 Å². The van der Waals surface area contributed by atoms with Gasteiger partial charge in [-0.25, -0.2) is 0 Å². The molecule has 0 aromatic heterocycles. The van der Waals surface area contributed by atoms with Crippen molar-refractivity contribution < 1.29 is 19.1 Å². The molecule has 0 unspecified atom stereocenters. The summed E-state index contributed by atoms with van der Waals surface area (Å²) in [6.07, 6.45) is 0.274. The van der Waals surface area contributed by atoms with Crippen LogP contribution in [0.4, 0.5) is 11.4 Å². The van der Waals surface area contributed by atoms with Gasteiger partial charge in [-0.3, -0.25) is 19.3 Å². The van der Waals surface area contributed by atoms with Gasteiger partial charge in [0.1, 0.15) is 0 Å². The second-order valence-electron chi connectivity index (χ2n) is 7.80. The molecule has 1 saturated heterocycles. The minimum atomic E-state index is -0.220. The van der Waals surface area contributed by atoms with Crippen molar-refractivity contribution >= 4 is 29.0 Å². The molecule has 2 amide bonds. The predicted molar refractivity (Wildman–Crippen MR) is 120 cm³/mol. The first kappa shape index (κ1) is 22.7. The van der Waals surface area contributed by atoms with Gasteiger partial charge in [-0.1, -0.05) is 17.7 Å². The van der Waals surface area contributed by atoms with Crippen molar-refractivity contribution in [2.24, 2.45) is 0 Å². The first-order valence-electron chi connectivity index (χ1n) is 10.5. The van der Waals surface area contributed by atoms with Crippen molar-refractivity contribution in [1.29, 1.82) is 0 Å². The Morgan fingerprint density at radius 3 is 2.13 bits per heavy atom. The van der Waals surface area contributed by atoms with E-state index in [1.54, 1.807) is 24.3 Å². The largest absolute Gasteiger partial charge is 0.379 e. The highest BCUT2D eigenvalue weighted by molar-refractivity contribution is 6.01. The van der Waals surface area contributed by atoms with Crippen molar-refractivity contribution in [3.05, 3.63) is 59.2 Å². The Morgan fingerprint density at radius 2 is 1.48 bits per heavy atom. The fraction of sp³-hybridized carbons (Fsp3) is 0.375. The molecule has 7 heteroatoms. The van der Waals surface area contributed by atoms with E-state index in [9.17, 15) is 14.4 Å². The maximum absolute atomic E-state index is 12.4. The molecule has 2 N–H and O–H groups in total. The van der Waals surface area contributed by atoms with E-state index in [1.807, 2.05) is 36.9 Å². The van der Waals surface area contributed by atoms with E-state index < -0.39 is 0 Å². The number of morpholine rings is 1. The van der Waals surface area contributed by atoms with Crippen molar-refractivity contribution in [3.8, 4) is 0 Å². The number of Topliss-reactive ketones (excluding diaryl/α,β-unsaturated/α-hetero) is 1. The molecule has 0 saturated carbocycles. The lowest BCUT2D eigenvalue weighted by Gasteiger charge is -2.25. The molecule has 0 bridgehead atoms. The molecule has 164 valence electrons. The summed E-state index contributed by atoms with van der Waals surface area (Å²) in [7, 11) is 0. The third-order valence-electron chi connectivity index (χ3n) is 5.20. The minimum Gasteiger partial charge on any atom is -0.379 e. The molecular formula is C24H29N3O4. The molecule has 2 aromatic rings. The van der Waals surface area contributed by atoms with E-state index in [-0.39, 0.29) is 30.4 Å². The molecule has 1 aliphatic heterocycles. The molecule has 0 atom stereocenters. The Bertz CT molecular complexity index is 934. The van der Waals surface area contributed by atoms with Crippen LogP contribution in [0, 0.1) is 13.8 Å². The maximum Gasteiger partial charge on any atom is 0.238 e. The van der Waals surface area contributed by atoms with E-state index >= 15 is 0 Å². The lowest BCUT2D eigenvalue weighted by molar-refractivity contribution is -0.118. The van der Waals surface area contributed by atoms with Gasteiger partial charge in [0, 0.05) is 42.9 Å². The number of nitrogens with zero attached hydrogens (tertiary/aromatic N) is 1. The smallest absolute Gasteiger partial charge is 0.238 e. The average molecular weight is 424 g/mol. The number of benzene rings is 2. The van der Waals surface area contributed by atoms with Gasteiger partial charge in [0.2, 0.25) is 11.8 Å². The molecule has 0 aliphatic carbocycles. The van der Waals surface area contributed by atoms with Crippen molar-refractivity contribution in [2.45, 2.75) is 26.7 Å². The van der Waals surface area contributed by atoms with Crippen molar-refractivity contribution in [1.82, 2.24) is 4.90 Å². The molecule has 1 fully saturated rings. The predicted octanol–water partition coefficient (Wildman–Crippen LogP) is 3.18. The lowest BCUT2D eigenvalue weighted by atomic mass is 9.99. The third kappa shape index (κ3) is 7.01. The van der Waals surface area contributed by atoms with Crippen LogP contribution in [0.15, 0.2) is 42.5 Å². The number of hydrogen-bond acceptors (Lipinski definition) is 5. The Balaban J connectivity index is 1.44. The van der Waals surface area contributed by atoms with Gasteiger partial charge in [0.05, 0.1) is 19.8 Å². The van der Waals surface area contributed by atoms with Crippen LogP contribution in [-0.4, -0.2) is 55.3 Å². The summed E-state index contributed by atoms with van der Waals surface area (Å²) < 4.78 is 5.28. The highest BCUT2D eigenvalue weighted by Crippen LogP contribution is 2.16. The Kier molecular flexibility index (Phi) is 7.92. The van der Waals surface area contributed by atoms with Gasteiger partial charge in [0.25, 0.3) is 0 Å². The van der Waals surface area contributed by atoms with Crippen LogP contribution in [0.3, 0.4) is 0 Å². The van der Waals surface area contributed by atoms with Gasteiger partial charge in [-0.2, -0.15) is 0 Å². The third-order valence-corrected chi connectivity index (χ3v) is 5.20. The SMILES string of the molecule is Cc1ccc(C)c(C(=O)CCC(=O)Nc2ccc(NC(=O)CN3CCOCC3)cc2)c1. The number of hydrogen-bond donors (Lipinski definition) is 2. The second-order valence-corrected chi connectivity index (χ2v) is 7.80. The van der Waals surface area contributed by atoms with Crippen LogP contribution in [-0.2, 0) is 14.3 Å². The standard InChI is InChI=1S/C24H29N3O4/c1-17-3-4-18(2)21(15-17)22(28)9-10-23(29)25-19-5-7-20(8-6-19)26-24(30)16-27-11-13-31-14-12-27/h3-8,15H,9-14,16H2,1-2H3,(H,25,29)(H,26,30). The molecule has 1 aliphatic rings. The molecule has 0 spiro atoms. The summed E-state index contributed by atoms with van der Waals surface area (Å²) in [4.78, 5) is 38.9. The molecule has 7 nitrogen and oxygen atoms in total. The normalized spacial score (nSPS) is 14.1. The highest BCUT2D eigenvalue weighted by Gasteiger charge is 2.15. The van der Waals surface area contributed by atoms with Crippen LogP contribution in [0.5, 0.6) is 0 Å². The highest BCUT2D eigenvalue weighted by atomic mass is 16.5. The summed E-state index contributed by atoms with van der Waals surface area (Å²) in [6, 6.07) is 12.7. The number of rotatable bonds is 8. The zero-order chi connectivity index (χ0) is 22.2. The number of amides is 2. The Hall–Kier alpha value is -3.03. The zero-order valence-electron chi connectivity index (χ0n) is 18.1. The number of anilines is 2. The quantitative estimate of drug-likeness (QED) is 0.637. The summed E-state index contributed by atoms with van der Waals surface area (Å²) in [5.41, 5.74) is 3.90. The van der Waals surface area contributed by atoms with E-state index in [0.29, 0.717) is 36.7 Å². The number of carbonyl (C=O) groups is 3. The molecular weight excluding hydrogens is 394 g/mol. The summed E-state index contributed by atoms with van der Waals surface area (Å²) in [6.45, 7) is 6.98. The number of ketones is 1. The average Bonchev–Trinajstić information content (AvgIpc) is 2.76. The van der Waals surface area contributed by atoms with Gasteiger partial charge < -0.3 is 15.4 Å². The molecule has 31 heavy (non-hydrogen) atoms. The van der Waals surface area contributed by atoms with Gasteiger partial charge >= 0.3 is 0 Å². The fourth-order valence-electron chi connectivity index (χ4n) is 3.42. The van der Waals surface area contributed by atoms with Gasteiger partial charge in [-0.15, -0.1) is 0 Å². The topological polar surface area (TPSA) is 87.7 Å². The number of nitrogens with one attached hydrogen (secondary N) is 2. The van der Waals surface area contributed by atoms with E-state index in [2.05, 4.69) is 10.6 Å². The van der Waals surface area contributed by atoms with Crippen LogP contribution < -0.4 is 10.6 Å². The second kappa shape index (κ2) is 10.8. The van der Waals surface area contributed by atoms with Gasteiger partial charge in [0.15, 0.2) is 5.78 Å². The molecule has 0 radical (unpaired) electrons. The number of ether oxygens (including phenoxy) is 1. The molecule has 2 aromatic carbocycles. The van der Waals surface area contributed by atoms with Crippen molar-refractivity contribution in [2.75, 3.05) is 43.5 Å². The summed E-state index contributed by atoms with van der Waals surface area (Å²) >= 11 is 0. The first-order valence-corrected chi connectivity index (χ1v) is 10.5. The fourth-order valence-corrected chi connectivity index (χ4v) is 3.42.